The number of benzene rings is 1. The lowest BCUT2D eigenvalue weighted by molar-refractivity contribution is -0.138. The molecule has 0 aliphatic carbocycles. The van der Waals surface area contributed by atoms with Crippen molar-refractivity contribution in [1.29, 1.82) is 0 Å². The molecule has 0 unspecified atom stereocenters. The maximum absolute atomic E-state index is 11.6. The molecule has 0 saturated heterocycles. The topological polar surface area (TPSA) is 69.6 Å². The predicted molar refractivity (Wildman–Crippen MR) is 76.1 cm³/mol. The minimum atomic E-state index is -1.05. The molecule has 0 bridgehead atoms. The summed E-state index contributed by atoms with van der Waals surface area (Å²) in [5, 5.41) is 12.1. The molecule has 0 radical (unpaired) electrons. The van der Waals surface area contributed by atoms with Gasteiger partial charge in [-0.2, -0.15) is 0 Å². The van der Waals surface area contributed by atoms with E-state index in [-0.39, 0.29) is 19.0 Å². The van der Waals surface area contributed by atoms with Crippen molar-refractivity contribution in [2.45, 2.75) is 13.0 Å². The first-order chi connectivity index (χ1) is 9.45. The molecule has 0 fully saturated rings. The Balaban J connectivity index is 1.97. The van der Waals surface area contributed by atoms with E-state index in [0.29, 0.717) is 23.1 Å². The van der Waals surface area contributed by atoms with E-state index >= 15 is 0 Å². The standard InChI is InChI=1S/C13H14Cl2N2O3/c14-9-3-8-6-17(2-1-10(8)11(15)4-9)7-12(18)16-5-13(19)20/h3-4H,1-2,5-7H2,(H,16,18)(H,19,20). The SMILES string of the molecule is O=C(O)CNC(=O)CN1CCc2c(Cl)cc(Cl)cc2C1. The predicted octanol–water partition coefficient (Wildman–Crippen LogP) is 1.55. The number of nitrogens with one attached hydrogen (secondary N) is 1. The van der Waals surface area contributed by atoms with Crippen molar-refractivity contribution in [3.8, 4) is 0 Å². The Bertz CT molecular complexity index is 549. The summed E-state index contributed by atoms with van der Waals surface area (Å²) >= 11 is 12.1. The summed E-state index contributed by atoms with van der Waals surface area (Å²) in [6.45, 7) is 1.09. The molecule has 5 nitrogen and oxygen atoms in total. The molecule has 108 valence electrons. The van der Waals surface area contributed by atoms with Gasteiger partial charge in [0.25, 0.3) is 0 Å². The van der Waals surface area contributed by atoms with Crippen molar-refractivity contribution in [1.82, 2.24) is 10.2 Å². The summed E-state index contributed by atoms with van der Waals surface area (Å²) < 4.78 is 0. The minimum Gasteiger partial charge on any atom is -0.480 e. The van der Waals surface area contributed by atoms with E-state index < -0.39 is 5.97 Å². The van der Waals surface area contributed by atoms with Gasteiger partial charge in [-0.15, -0.1) is 0 Å². The molecule has 20 heavy (non-hydrogen) atoms. The van der Waals surface area contributed by atoms with Gasteiger partial charge < -0.3 is 10.4 Å². The fourth-order valence-electron chi connectivity index (χ4n) is 2.24. The molecule has 1 aliphatic heterocycles. The van der Waals surface area contributed by atoms with Crippen LogP contribution >= 0.6 is 23.2 Å². The summed E-state index contributed by atoms with van der Waals surface area (Å²) in [4.78, 5) is 23.9. The van der Waals surface area contributed by atoms with Crippen LogP contribution in [0.25, 0.3) is 0 Å². The third-order valence-electron chi connectivity index (χ3n) is 3.13. The molecular weight excluding hydrogens is 303 g/mol. The van der Waals surface area contributed by atoms with Gasteiger partial charge in [-0.05, 0) is 29.7 Å². The summed E-state index contributed by atoms with van der Waals surface area (Å²) in [5.74, 6) is -1.36. The van der Waals surface area contributed by atoms with Gasteiger partial charge in [-0.25, -0.2) is 0 Å². The van der Waals surface area contributed by atoms with Crippen LogP contribution in [-0.4, -0.2) is 41.5 Å². The van der Waals surface area contributed by atoms with E-state index in [0.717, 1.165) is 17.5 Å². The Kier molecular flexibility index (Phi) is 4.86. The number of aliphatic carboxylic acids is 1. The van der Waals surface area contributed by atoms with Crippen molar-refractivity contribution in [3.05, 3.63) is 33.3 Å². The van der Waals surface area contributed by atoms with Crippen LogP contribution in [0.4, 0.5) is 0 Å². The number of carbonyl (C=O) groups is 2. The Morgan fingerprint density at radius 1 is 1.35 bits per heavy atom. The highest BCUT2D eigenvalue weighted by molar-refractivity contribution is 6.35. The maximum atomic E-state index is 11.6. The molecule has 0 spiro atoms. The first-order valence-electron chi connectivity index (χ1n) is 6.13. The van der Waals surface area contributed by atoms with Gasteiger partial charge in [0.15, 0.2) is 0 Å². The average Bonchev–Trinajstić information content (AvgIpc) is 2.35. The number of hydrogen-bond acceptors (Lipinski definition) is 3. The number of amides is 1. The number of fused-ring (bicyclic) bond motifs is 1. The van der Waals surface area contributed by atoms with Gasteiger partial charge in [0, 0.05) is 23.1 Å². The third kappa shape index (κ3) is 3.85. The average molecular weight is 317 g/mol. The molecule has 1 aromatic carbocycles. The fourth-order valence-corrected chi connectivity index (χ4v) is 2.87. The summed E-state index contributed by atoms with van der Waals surface area (Å²) in [6.07, 6.45) is 0.748. The smallest absolute Gasteiger partial charge is 0.322 e. The molecule has 1 aliphatic rings. The van der Waals surface area contributed by atoms with Crippen LogP contribution in [0.15, 0.2) is 12.1 Å². The van der Waals surface area contributed by atoms with Crippen LogP contribution in [0.2, 0.25) is 10.0 Å². The zero-order valence-corrected chi connectivity index (χ0v) is 12.2. The van der Waals surface area contributed by atoms with E-state index in [2.05, 4.69) is 5.32 Å². The number of carboxylic acid groups (broad SMARTS) is 1. The normalized spacial score (nSPS) is 14.7. The van der Waals surface area contributed by atoms with E-state index in [1.54, 1.807) is 6.07 Å². The Labute approximate surface area is 126 Å². The molecule has 1 aromatic rings. The van der Waals surface area contributed by atoms with Crippen molar-refractivity contribution in [2.24, 2.45) is 0 Å². The molecule has 0 aromatic heterocycles. The lowest BCUT2D eigenvalue weighted by Gasteiger charge is -2.28. The summed E-state index contributed by atoms with van der Waals surface area (Å²) in [6, 6.07) is 3.57. The fraction of sp³-hybridized carbons (Fsp3) is 0.385. The highest BCUT2D eigenvalue weighted by Gasteiger charge is 2.20. The van der Waals surface area contributed by atoms with Gasteiger partial charge in [0.05, 0.1) is 6.54 Å². The lowest BCUT2D eigenvalue weighted by atomic mass is 10.00. The van der Waals surface area contributed by atoms with Crippen LogP contribution in [0.5, 0.6) is 0 Å². The lowest BCUT2D eigenvalue weighted by Crippen LogP contribution is -2.41. The molecule has 1 amide bonds. The monoisotopic (exact) mass is 316 g/mol. The Morgan fingerprint density at radius 2 is 2.10 bits per heavy atom. The van der Waals surface area contributed by atoms with Crippen LogP contribution in [0.1, 0.15) is 11.1 Å². The highest BCUT2D eigenvalue weighted by Crippen LogP contribution is 2.29. The first kappa shape index (κ1) is 15.1. The second kappa shape index (κ2) is 6.43. The maximum Gasteiger partial charge on any atom is 0.322 e. The zero-order chi connectivity index (χ0) is 14.7. The number of rotatable bonds is 4. The van der Waals surface area contributed by atoms with Crippen molar-refractivity contribution in [3.63, 3.8) is 0 Å². The summed E-state index contributed by atoms with van der Waals surface area (Å²) in [5.41, 5.74) is 2.08. The number of nitrogens with zero attached hydrogens (tertiary/aromatic N) is 1. The van der Waals surface area contributed by atoms with E-state index in [4.69, 9.17) is 28.3 Å². The van der Waals surface area contributed by atoms with E-state index in [9.17, 15) is 9.59 Å². The number of hydrogen-bond donors (Lipinski definition) is 2. The second-order valence-electron chi connectivity index (χ2n) is 4.66. The highest BCUT2D eigenvalue weighted by atomic mass is 35.5. The summed E-state index contributed by atoms with van der Waals surface area (Å²) in [7, 11) is 0. The quantitative estimate of drug-likeness (QED) is 0.884. The van der Waals surface area contributed by atoms with Crippen molar-refractivity contribution >= 4 is 35.1 Å². The second-order valence-corrected chi connectivity index (χ2v) is 5.50. The van der Waals surface area contributed by atoms with Gasteiger partial charge in [-0.1, -0.05) is 23.2 Å². The van der Waals surface area contributed by atoms with Gasteiger partial charge in [0.1, 0.15) is 6.54 Å². The number of halogens is 2. The molecule has 0 atom stereocenters. The molecule has 1 heterocycles. The third-order valence-corrected chi connectivity index (χ3v) is 3.68. The van der Waals surface area contributed by atoms with Gasteiger partial charge >= 0.3 is 5.97 Å². The van der Waals surface area contributed by atoms with Crippen LogP contribution in [0.3, 0.4) is 0 Å². The van der Waals surface area contributed by atoms with Gasteiger partial charge in [0.2, 0.25) is 5.91 Å². The van der Waals surface area contributed by atoms with Crippen molar-refractivity contribution in [2.75, 3.05) is 19.6 Å². The van der Waals surface area contributed by atoms with Crippen LogP contribution in [-0.2, 0) is 22.6 Å². The molecule has 0 saturated carbocycles. The zero-order valence-electron chi connectivity index (χ0n) is 10.7. The van der Waals surface area contributed by atoms with E-state index in [1.165, 1.54) is 0 Å². The number of carbonyl (C=O) groups excluding carboxylic acids is 1. The van der Waals surface area contributed by atoms with Crippen LogP contribution in [0, 0.1) is 0 Å². The Hall–Kier alpha value is -1.30. The molecular formula is C13H14Cl2N2O3. The number of carboxylic acids is 1. The van der Waals surface area contributed by atoms with E-state index in [1.807, 2.05) is 11.0 Å². The molecule has 2 rings (SSSR count). The molecule has 7 heteroatoms. The Morgan fingerprint density at radius 3 is 2.80 bits per heavy atom. The van der Waals surface area contributed by atoms with Crippen LogP contribution < -0.4 is 5.32 Å². The first-order valence-corrected chi connectivity index (χ1v) is 6.89. The van der Waals surface area contributed by atoms with Crippen molar-refractivity contribution < 1.29 is 14.7 Å². The van der Waals surface area contributed by atoms with Gasteiger partial charge in [-0.3, -0.25) is 14.5 Å². The molecule has 2 N–H and O–H groups in total. The minimum absolute atomic E-state index is 0.164. The largest absolute Gasteiger partial charge is 0.480 e.